The van der Waals surface area contributed by atoms with Crippen LogP contribution in [-0.2, 0) is 27.5 Å². The van der Waals surface area contributed by atoms with Gasteiger partial charge in [0, 0.05) is 20.2 Å². The van der Waals surface area contributed by atoms with Gasteiger partial charge >= 0.3 is 0 Å². The van der Waals surface area contributed by atoms with Crippen LogP contribution >= 0.6 is 0 Å². The van der Waals surface area contributed by atoms with Crippen LogP contribution < -0.4 is 5.32 Å². The Bertz CT molecular complexity index is 502. The molecule has 0 aromatic heterocycles. The number of likely N-dealkylation sites (N-methyl/N-ethyl adjacent to an activating group) is 1. The highest BCUT2D eigenvalue weighted by Gasteiger charge is 2.36. The van der Waals surface area contributed by atoms with Crippen LogP contribution in [0.1, 0.15) is 24.5 Å². The monoisotopic (exact) mass is 276 g/mol. The van der Waals surface area contributed by atoms with E-state index in [0.29, 0.717) is 19.7 Å². The van der Waals surface area contributed by atoms with Crippen molar-refractivity contribution >= 4 is 11.8 Å². The van der Waals surface area contributed by atoms with Gasteiger partial charge in [-0.1, -0.05) is 24.3 Å². The van der Waals surface area contributed by atoms with Gasteiger partial charge < -0.3 is 10.1 Å². The fourth-order valence-corrected chi connectivity index (χ4v) is 2.43. The van der Waals surface area contributed by atoms with Gasteiger partial charge in [0.2, 0.25) is 11.8 Å². The predicted octanol–water partition coefficient (Wildman–Crippen LogP) is 1.07. The molecule has 1 atom stereocenters. The van der Waals surface area contributed by atoms with E-state index in [4.69, 9.17) is 4.74 Å². The molecule has 1 aromatic carbocycles. The maximum atomic E-state index is 12.0. The first-order valence-electron chi connectivity index (χ1n) is 6.80. The molecule has 1 N–H and O–H groups in total. The maximum Gasteiger partial charge on any atom is 0.246 e. The van der Waals surface area contributed by atoms with Gasteiger partial charge in [-0.25, -0.2) is 0 Å². The third-order valence-electron chi connectivity index (χ3n) is 3.52. The summed E-state index contributed by atoms with van der Waals surface area (Å²) >= 11 is 0. The standard InChI is InChI=1S/C15H20N2O3/c1-3-17-14(18)8-13(15(17)19)16-9-11-6-4-5-7-12(11)10-20-2/h4-7,13,16H,3,8-10H2,1-2H3. The summed E-state index contributed by atoms with van der Waals surface area (Å²) in [6.07, 6.45) is 0.249. The number of nitrogens with one attached hydrogen (secondary N) is 1. The van der Waals surface area contributed by atoms with Crippen molar-refractivity contribution in [2.45, 2.75) is 32.5 Å². The summed E-state index contributed by atoms with van der Waals surface area (Å²) in [6, 6.07) is 7.51. The SMILES string of the molecule is CCN1C(=O)CC(NCc2ccccc2COC)C1=O. The van der Waals surface area contributed by atoms with Crippen molar-refractivity contribution < 1.29 is 14.3 Å². The Morgan fingerprint density at radius 3 is 2.60 bits per heavy atom. The number of carbonyl (C=O) groups is 2. The van der Waals surface area contributed by atoms with E-state index in [0.717, 1.165) is 11.1 Å². The summed E-state index contributed by atoms with van der Waals surface area (Å²) in [7, 11) is 1.66. The zero-order chi connectivity index (χ0) is 14.5. The molecule has 1 saturated heterocycles. The molecule has 5 heteroatoms. The molecule has 1 fully saturated rings. The van der Waals surface area contributed by atoms with Crippen molar-refractivity contribution in [1.29, 1.82) is 0 Å². The third-order valence-corrected chi connectivity index (χ3v) is 3.52. The molecule has 5 nitrogen and oxygen atoms in total. The predicted molar refractivity (Wildman–Crippen MR) is 74.8 cm³/mol. The van der Waals surface area contributed by atoms with Crippen molar-refractivity contribution in [1.82, 2.24) is 10.2 Å². The topological polar surface area (TPSA) is 58.6 Å². The second-order valence-corrected chi connectivity index (χ2v) is 4.82. The van der Waals surface area contributed by atoms with Crippen LogP contribution in [0.2, 0.25) is 0 Å². The van der Waals surface area contributed by atoms with E-state index in [1.54, 1.807) is 7.11 Å². The largest absolute Gasteiger partial charge is 0.380 e. The zero-order valence-corrected chi connectivity index (χ0v) is 11.9. The quantitative estimate of drug-likeness (QED) is 0.790. The highest BCUT2D eigenvalue weighted by Crippen LogP contribution is 2.15. The second-order valence-electron chi connectivity index (χ2n) is 4.82. The van der Waals surface area contributed by atoms with E-state index in [2.05, 4.69) is 5.32 Å². The molecule has 1 unspecified atom stereocenters. The molecular weight excluding hydrogens is 256 g/mol. The van der Waals surface area contributed by atoms with Crippen LogP contribution in [0.5, 0.6) is 0 Å². The number of carbonyl (C=O) groups excluding carboxylic acids is 2. The molecule has 1 aromatic rings. The number of imide groups is 1. The van der Waals surface area contributed by atoms with E-state index in [1.807, 2.05) is 31.2 Å². The van der Waals surface area contributed by atoms with Gasteiger partial charge in [-0.15, -0.1) is 0 Å². The van der Waals surface area contributed by atoms with Gasteiger partial charge in [0.15, 0.2) is 0 Å². The average molecular weight is 276 g/mol. The van der Waals surface area contributed by atoms with Crippen molar-refractivity contribution in [3.63, 3.8) is 0 Å². The van der Waals surface area contributed by atoms with Crippen LogP contribution in [-0.4, -0.2) is 36.4 Å². The van der Waals surface area contributed by atoms with Crippen molar-refractivity contribution in [2.75, 3.05) is 13.7 Å². The van der Waals surface area contributed by atoms with Gasteiger partial charge in [-0.05, 0) is 18.1 Å². The van der Waals surface area contributed by atoms with Crippen LogP contribution in [0.25, 0.3) is 0 Å². The van der Waals surface area contributed by atoms with Gasteiger partial charge in [0.05, 0.1) is 19.1 Å². The summed E-state index contributed by atoms with van der Waals surface area (Å²) in [5.41, 5.74) is 2.18. The van der Waals surface area contributed by atoms with Crippen LogP contribution in [0.15, 0.2) is 24.3 Å². The van der Waals surface area contributed by atoms with Crippen molar-refractivity contribution in [3.05, 3.63) is 35.4 Å². The van der Waals surface area contributed by atoms with Gasteiger partial charge in [0.1, 0.15) is 0 Å². The lowest BCUT2D eigenvalue weighted by Gasteiger charge is -2.14. The number of rotatable bonds is 6. The molecule has 1 aliphatic rings. The Labute approximate surface area is 118 Å². The summed E-state index contributed by atoms with van der Waals surface area (Å²) in [4.78, 5) is 25.0. The average Bonchev–Trinajstić information content (AvgIpc) is 2.72. The molecule has 0 saturated carbocycles. The van der Waals surface area contributed by atoms with Crippen molar-refractivity contribution in [3.8, 4) is 0 Å². The molecule has 1 heterocycles. The Morgan fingerprint density at radius 2 is 2.00 bits per heavy atom. The summed E-state index contributed by atoms with van der Waals surface area (Å²) < 4.78 is 5.16. The molecule has 0 radical (unpaired) electrons. The normalized spacial score (nSPS) is 18.9. The zero-order valence-electron chi connectivity index (χ0n) is 11.9. The molecule has 0 bridgehead atoms. The number of likely N-dealkylation sites (tertiary alicyclic amines) is 1. The van der Waals surface area contributed by atoms with Crippen LogP contribution in [0, 0.1) is 0 Å². The number of ether oxygens (including phenoxy) is 1. The summed E-state index contributed by atoms with van der Waals surface area (Å²) in [5, 5.41) is 3.17. The Morgan fingerprint density at radius 1 is 1.30 bits per heavy atom. The molecule has 0 spiro atoms. The molecule has 108 valence electrons. The highest BCUT2D eigenvalue weighted by atomic mass is 16.5. The minimum Gasteiger partial charge on any atom is -0.380 e. The first-order chi connectivity index (χ1) is 9.67. The van der Waals surface area contributed by atoms with Gasteiger partial charge in [-0.2, -0.15) is 0 Å². The molecule has 20 heavy (non-hydrogen) atoms. The smallest absolute Gasteiger partial charge is 0.246 e. The highest BCUT2D eigenvalue weighted by molar-refractivity contribution is 6.05. The van der Waals surface area contributed by atoms with E-state index in [1.165, 1.54) is 4.90 Å². The third kappa shape index (κ3) is 3.05. The lowest BCUT2D eigenvalue weighted by Crippen LogP contribution is -2.38. The fourth-order valence-electron chi connectivity index (χ4n) is 2.43. The molecule has 0 aliphatic carbocycles. The summed E-state index contributed by atoms with van der Waals surface area (Å²) in [6.45, 7) is 3.35. The fraction of sp³-hybridized carbons (Fsp3) is 0.467. The van der Waals surface area contributed by atoms with Crippen LogP contribution in [0.4, 0.5) is 0 Å². The number of hydrogen-bond acceptors (Lipinski definition) is 4. The molecule has 1 aliphatic heterocycles. The first-order valence-corrected chi connectivity index (χ1v) is 6.80. The van der Waals surface area contributed by atoms with E-state index in [-0.39, 0.29) is 18.2 Å². The minimum atomic E-state index is -0.405. The number of benzene rings is 1. The second kappa shape index (κ2) is 6.63. The Balaban J connectivity index is 1.99. The van der Waals surface area contributed by atoms with E-state index in [9.17, 15) is 9.59 Å². The Kier molecular flexibility index (Phi) is 4.87. The first kappa shape index (κ1) is 14.7. The Hall–Kier alpha value is -1.72. The number of hydrogen-bond donors (Lipinski definition) is 1. The lowest BCUT2D eigenvalue weighted by molar-refractivity contribution is -0.138. The molecule has 2 amide bonds. The molecular formula is C15H20N2O3. The lowest BCUT2D eigenvalue weighted by atomic mass is 10.1. The molecule has 2 rings (SSSR count). The minimum absolute atomic E-state index is 0.0971. The van der Waals surface area contributed by atoms with E-state index < -0.39 is 6.04 Å². The number of nitrogens with zero attached hydrogens (tertiary/aromatic N) is 1. The summed E-state index contributed by atoms with van der Waals surface area (Å²) in [5.74, 6) is -0.220. The van der Waals surface area contributed by atoms with Gasteiger partial charge in [0.25, 0.3) is 0 Å². The van der Waals surface area contributed by atoms with Gasteiger partial charge in [-0.3, -0.25) is 14.5 Å². The number of methoxy groups -OCH3 is 1. The maximum absolute atomic E-state index is 12.0. The van der Waals surface area contributed by atoms with E-state index >= 15 is 0 Å². The number of amides is 2. The van der Waals surface area contributed by atoms with Crippen LogP contribution in [0.3, 0.4) is 0 Å². The van der Waals surface area contributed by atoms with Crippen molar-refractivity contribution in [2.24, 2.45) is 0 Å².